The molecule has 1 aliphatic heterocycles. The molecule has 0 saturated carbocycles. The third-order valence-electron chi connectivity index (χ3n) is 3.70. The van der Waals surface area contributed by atoms with Gasteiger partial charge in [-0.05, 0) is 34.9 Å². The molecular weight excluding hydrogens is 194 g/mol. The van der Waals surface area contributed by atoms with Crippen molar-refractivity contribution in [3.8, 4) is 0 Å². The summed E-state index contributed by atoms with van der Waals surface area (Å²) in [6.07, 6.45) is 1.19. The van der Waals surface area contributed by atoms with Gasteiger partial charge in [0, 0.05) is 12.6 Å². The van der Waals surface area contributed by atoms with E-state index in [9.17, 15) is 0 Å². The Bertz CT molecular complexity index is 366. The Labute approximate surface area is 99.3 Å². The average Bonchev–Trinajstić information content (AvgIpc) is 2.27. The molecule has 2 rings (SSSR count). The van der Waals surface area contributed by atoms with Crippen LogP contribution in [0.25, 0.3) is 0 Å². The first kappa shape index (κ1) is 11.7. The zero-order valence-electron chi connectivity index (χ0n) is 10.9. The molecule has 1 nitrogen and oxygen atoms in total. The third kappa shape index (κ3) is 2.30. The highest BCUT2D eigenvalue weighted by Crippen LogP contribution is 2.24. The number of nitrogens with one attached hydrogen (secondary N) is 1. The molecule has 0 spiro atoms. The lowest BCUT2D eigenvalue weighted by atomic mass is 9.88. The van der Waals surface area contributed by atoms with E-state index < -0.39 is 0 Å². The van der Waals surface area contributed by atoms with E-state index in [0.717, 1.165) is 12.5 Å². The normalized spacial score (nSPS) is 20.2. The van der Waals surface area contributed by atoms with Gasteiger partial charge in [-0.3, -0.25) is 0 Å². The number of benzene rings is 1. The van der Waals surface area contributed by atoms with Crippen LogP contribution in [0, 0.1) is 5.92 Å². The summed E-state index contributed by atoms with van der Waals surface area (Å²) in [4.78, 5) is 0. The van der Waals surface area contributed by atoms with Gasteiger partial charge < -0.3 is 5.32 Å². The summed E-state index contributed by atoms with van der Waals surface area (Å²) in [6.45, 7) is 10.2. The summed E-state index contributed by atoms with van der Waals surface area (Å²) < 4.78 is 0. The number of fused-ring (bicyclic) bond motifs is 1. The van der Waals surface area contributed by atoms with Crippen molar-refractivity contribution < 1.29 is 0 Å². The van der Waals surface area contributed by atoms with Crippen LogP contribution in [0.3, 0.4) is 0 Å². The van der Waals surface area contributed by atoms with Crippen LogP contribution in [0.1, 0.15) is 50.3 Å². The zero-order valence-corrected chi connectivity index (χ0v) is 10.9. The summed E-state index contributed by atoms with van der Waals surface area (Å²) in [6, 6.07) is 7.66. The predicted molar refractivity (Wildman–Crippen MR) is 69.7 cm³/mol. The molecule has 1 atom stereocenters. The topological polar surface area (TPSA) is 12.0 Å². The van der Waals surface area contributed by atoms with Crippen LogP contribution in [0.2, 0.25) is 0 Å². The van der Waals surface area contributed by atoms with Gasteiger partial charge in [-0.1, -0.05) is 45.9 Å². The molecule has 1 aromatic rings. The van der Waals surface area contributed by atoms with Crippen LogP contribution >= 0.6 is 0 Å². The first-order chi connectivity index (χ1) is 7.58. The van der Waals surface area contributed by atoms with Gasteiger partial charge in [0.05, 0.1) is 0 Å². The van der Waals surface area contributed by atoms with Crippen molar-refractivity contribution in [3.63, 3.8) is 0 Å². The fourth-order valence-corrected chi connectivity index (χ4v) is 2.39. The molecule has 1 heterocycles. The monoisotopic (exact) mass is 217 g/mol. The second kappa shape index (κ2) is 4.58. The molecule has 0 fully saturated rings. The minimum atomic E-state index is 0.633. The minimum Gasteiger partial charge on any atom is -0.309 e. The van der Waals surface area contributed by atoms with Crippen molar-refractivity contribution in [3.05, 3.63) is 34.9 Å². The molecule has 0 saturated heterocycles. The third-order valence-corrected chi connectivity index (χ3v) is 3.70. The highest BCUT2D eigenvalue weighted by Gasteiger charge is 2.20. The van der Waals surface area contributed by atoms with Crippen LogP contribution in [0.15, 0.2) is 18.2 Å². The van der Waals surface area contributed by atoms with Crippen LogP contribution in [-0.2, 0) is 13.0 Å². The molecule has 0 radical (unpaired) electrons. The molecule has 1 N–H and O–H groups in total. The van der Waals surface area contributed by atoms with Gasteiger partial charge in [-0.2, -0.15) is 0 Å². The molecule has 1 unspecified atom stereocenters. The molecule has 1 aromatic carbocycles. The molecule has 16 heavy (non-hydrogen) atoms. The molecule has 1 aliphatic rings. The molecule has 0 amide bonds. The van der Waals surface area contributed by atoms with Crippen molar-refractivity contribution in [2.45, 2.75) is 52.6 Å². The first-order valence-corrected chi connectivity index (χ1v) is 6.43. The highest BCUT2D eigenvalue weighted by molar-refractivity contribution is 5.35. The maximum atomic E-state index is 3.64. The second-order valence-electron chi connectivity index (χ2n) is 5.62. The number of hydrogen-bond acceptors (Lipinski definition) is 1. The van der Waals surface area contributed by atoms with E-state index in [1.807, 2.05) is 0 Å². The van der Waals surface area contributed by atoms with Crippen molar-refractivity contribution in [1.29, 1.82) is 0 Å². The predicted octanol–water partition coefficient (Wildman–Crippen LogP) is 3.48. The van der Waals surface area contributed by atoms with E-state index in [0.29, 0.717) is 12.0 Å². The Morgan fingerprint density at radius 1 is 1.12 bits per heavy atom. The van der Waals surface area contributed by atoms with Crippen molar-refractivity contribution in [2.75, 3.05) is 0 Å². The van der Waals surface area contributed by atoms with Gasteiger partial charge in [-0.15, -0.1) is 0 Å². The SMILES string of the molecule is CC(C)c1ccc2c(c1)CNC(C(C)C)C2. The van der Waals surface area contributed by atoms with Crippen LogP contribution in [0.4, 0.5) is 0 Å². The largest absolute Gasteiger partial charge is 0.309 e. The fourth-order valence-electron chi connectivity index (χ4n) is 2.39. The Kier molecular flexibility index (Phi) is 3.34. The molecule has 88 valence electrons. The summed E-state index contributed by atoms with van der Waals surface area (Å²) >= 11 is 0. The zero-order chi connectivity index (χ0) is 11.7. The molecule has 0 aromatic heterocycles. The van der Waals surface area contributed by atoms with Crippen LogP contribution < -0.4 is 5.32 Å². The lowest BCUT2D eigenvalue weighted by molar-refractivity contribution is 0.377. The van der Waals surface area contributed by atoms with E-state index >= 15 is 0 Å². The summed E-state index contributed by atoms with van der Waals surface area (Å²) in [5.41, 5.74) is 4.51. The van der Waals surface area contributed by atoms with Gasteiger partial charge in [0.2, 0.25) is 0 Å². The molecule has 1 heteroatoms. The minimum absolute atomic E-state index is 0.633. The van der Waals surface area contributed by atoms with Crippen molar-refractivity contribution in [2.24, 2.45) is 5.92 Å². The Morgan fingerprint density at radius 2 is 1.88 bits per heavy atom. The van der Waals surface area contributed by atoms with Crippen molar-refractivity contribution >= 4 is 0 Å². The van der Waals surface area contributed by atoms with Crippen LogP contribution in [-0.4, -0.2) is 6.04 Å². The van der Waals surface area contributed by atoms with Gasteiger partial charge in [0.25, 0.3) is 0 Å². The summed E-state index contributed by atoms with van der Waals surface area (Å²) in [7, 11) is 0. The summed E-state index contributed by atoms with van der Waals surface area (Å²) in [5.74, 6) is 1.35. The van der Waals surface area contributed by atoms with E-state index in [2.05, 4.69) is 51.2 Å². The Balaban J connectivity index is 2.22. The van der Waals surface area contributed by atoms with E-state index in [1.165, 1.54) is 17.5 Å². The van der Waals surface area contributed by atoms with Crippen LogP contribution in [0.5, 0.6) is 0 Å². The maximum absolute atomic E-state index is 3.64. The fraction of sp³-hybridized carbons (Fsp3) is 0.600. The number of rotatable bonds is 2. The van der Waals surface area contributed by atoms with E-state index in [1.54, 1.807) is 5.56 Å². The van der Waals surface area contributed by atoms with Crippen molar-refractivity contribution in [1.82, 2.24) is 5.32 Å². The lowest BCUT2D eigenvalue weighted by Gasteiger charge is -2.29. The Hall–Kier alpha value is -0.820. The number of hydrogen-bond donors (Lipinski definition) is 1. The quantitative estimate of drug-likeness (QED) is 0.799. The standard InChI is InChI=1S/C15H23N/c1-10(2)12-5-6-13-8-15(11(3)4)16-9-14(13)7-12/h5-7,10-11,15-16H,8-9H2,1-4H3. The second-order valence-corrected chi connectivity index (χ2v) is 5.62. The summed E-state index contributed by atoms with van der Waals surface area (Å²) in [5, 5.41) is 3.64. The molecule has 0 bridgehead atoms. The van der Waals surface area contributed by atoms with E-state index in [4.69, 9.17) is 0 Å². The van der Waals surface area contributed by atoms with Gasteiger partial charge >= 0.3 is 0 Å². The average molecular weight is 217 g/mol. The van der Waals surface area contributed by atoms with Gasteiger partial charge in [-0.25, -0.2) is 0 Å². The van der Waals surface area contributed by atoms with E-state index in [-0.39, 0.29) is 0 Å². The molecule has 0 aliphatic carbocycles. The van der Waals surface area contributed by atoms with Gasteiger partial charge in [0.15, 0.2) is 0 Å². The smallest absolute Gasteiger partial charge is 0.0211 e. The molecular formula is C15H23N. The Morgan fingerprint density at radius 3 is 2.50 bits per heavy atom. The first-order valence-electron chi connectivity index (χ1n) is 6.43. The van der Waals surface area contributed by atoms with Gasteiger partial charge in [0.1, 0.15) is 0 Å². The maximum Gasteiger partial charge on any atom is 0.0211 e. The highest BCUT2D eigenvalue weighted by atomic mass is 14.9. The lowest BCUT2D eigenvalue weighted by Crippen LogP contribution is -2.39.